The number of carbonyl (C=O) groups excluding carboxylic acids is 2. The van der Waals surface area contributed by atoms with Gasteiger partial charge in [0, 0.05) is 6.42 Å². The minimum absolute atomic E-state index is 0.200. The monoisotopic (exact) mass is 374 g/mol. The zero-order chi connectivity index (χ0) is 19.6. The molecule has 2 atom stereocenters. The number of aldehydes is 1. The smallest absolute Gasteiger partial charge is 0.310 e. The van der Waals surface area contributed by atoms with E-state index in [1.807, 2.05) is 0 Å². The zero-order valence-electron chi connectivity index (χ0n) is 14.4. The summed E-state index contributed by atoms with van der Waals surface area (Å²) in [5, 5.41) is 0. The Morgan fingerprint density at radius 1 is 1.12 bits per heavy atom. The summed E-state index contributed by atoms with van der Waals surface area (Å²) in [6.07, 6.45) is 4.22. The highest BCUT2D eigenvalue weighted by molar-refractivity contribution is 5.78. The first-order valence-corrected chi connectivity index (χ1v) is 7.84. The maximum atomic E-state index is 13.9. The molecule has 0 aliphatic heterocycles. The Labute approximate surface area is 147 Å². The molecule has 0 amide bonds. The largest absolute Gasteiger partial charge is 0.491 e. The van der Waals surface area contributed by atoms with Crippen molar-refractivity contribution in [3.63, 3.8) is 0 Å². The highest BCUT2D eigenvalue weighted by Crippen LogP contribution is 2.59. The molecular formula is C18H18F4O4. The first-order valence-electron chi connectivity index (χ1n) is 7.84. The molecule has 0 radical (unpaired) electrons. The lowest BCUT2D eigenvalue weighted by atomic mass is 10.1. The molecule has 1 saturated carbocycles. The third-order valence-electron chi connectivity index (χ3n) is 4.62. The fourth-order valence-electron chi connectivity index (χ4n) is 2.96. The lowest BCUT2D eigenvalue weighted by Crippen LogP contribution is -2.14. The number of hydrogen-bond donors (Lipinski definition) is 0. The molecule has 2 rings (SSSR count). The van der Waals surface area contributed by atoms with Gasteiger partial charge in [-0.3, -0.25) is 4.79 Å². The van der Waals surface area contributed by atoms with E-state index in [0.717, 1.165) is 7.11 Å². The highest BCUT2D eigenvalue weighted by Gasteiger charge is 2.61. The van der Waals surface area contributed by atoms with Crippen LogP contribution in [0.4, 0.5) is 17.6 Å². The predicted octanol–water partition coefficient (Wildman–Crippen LogP) is 3.71. The van der Waals surface area contributed by atoms with E-state index >= 15 is 0 Å². The maximum absolute atomic E-state index is 13.9. The lowest BCUT2D eigenvalue weighted by Gasteiger charge is -2.11. The van der Waals surface area contributed by atoms with E-state index in [-0.39, 0.29) is 12.3 Å². The van der Waals surface area contributed by atoms with Gasteiger partial charge in [0.25, 0.3) is 0 Å². The second-order valence-corrected chi connectivity index (χ2v) is 6.53. The van der Waals surface area contributed by atoms with Crippen molar-refractivity contribution >= 4 is 12.3 Å². The predicted molar refractivity (Wildman–Crippen MR) is 83.2 cm³/mol. The number of benzene rings is 1. The van der Waals surface area contributed by atoms with Gasteiger partial charge >= 0.3 is 5.97 Å². The van der Waals surface area contributed by atoms with Crippen LogP contribution < -0.4 is 4.74 Å². The minimum Gasteiger partial charge on any atom is -0.491 e. The van der Waals surface area contributed by atoms with Crippen molar-refractivity contribution in [1.29, 1.82) is 0 Å². The molecule has 0 saturated heterocycles. The average Bonchev–Trinajstić information content (AvgIpc) is 3.14. The van der Waals surface area contributed by atoms with Crippen molar-refractivity contribution < 1.29 is 36.6 Å². The molecule has 0 aromatic heterocycles. The van der Waals surface area contributed by atoms with Crippen LogP contribution >= 0.6 is 0 Å². The molecule has 2 unspecified atom stereocenters. The molecule has 8 heteroatoms. The van der Waals surface area contributed by atoms with Gasteiger partial charge in [0.15, 0.2) is 17.4 Å². The van der Waals surface area contributed by atoms with Crippen LogP contribution in [0, 0.1) is 40.5 Å². The number of esters is 1. The number of carbonyl (C=O) groups is 2. The van der Waals surface area contributed by atoms with E-state index in [9.17, 15) is 27.2 Å². The van der Waals surface area contributed by atoms with Crippen molar-refractivity contribution in [2.24, 2.45) is 17.3 Å². The van der Waals surface area contributed by atoms with Crippen molar-refractivity contribution in [3.8, 4) is 5.75 Å². The van der Waals surface area contributed by atoms with Gasteiger partial charge in [-0.05, 0) is 11.3 Å². The van der Waals surface area contributed by atoms with Crippen LogP contribution in [0.1, 0.15) is 25.8 Å². The lowest BCUT2D eigenvalue weighted by molar-refractivity contribution is -0.147. The first kappa shape index (κ1) is 19.9. The van der Waals surface area contributed by atoms with Crippen molar-refractivity contribution in [2.45, 2.75) is 26.9 Å². The molecule has 0 bridgehead atoms. The number of hydrogen-bond acceptors (Lipinski definition) is 4. The van der Waals surface area contributed by atoms with E-state index in [1.165, 1.54) is 0 Å². The van der Waals surface area contributed by atoms with Gasteiger partial charge in [0.1, 0.15) is 12.9 Å². The average molecular weight is 374 g/mol. The number of halogens is 4. The molecule has 1 fully saturated rings. The number of ether oxygens (including phenoxy) is 2. The van der Waals surface area contributed by atoms with E-state index in [0.29, 0.717) is 6.29 Å². The Morgan fingerprint density at radius 2 is 1.69 bits per heavy atom. The Balaban J connectivity index is 2.12. The van der Waals surface area contributed by atoms with Gasteiger partial charge in [-0.2, -0.15) is 8.78 Å². The standard InChI is InChI=1S/C18H18F4O4/c1-18(2)10(6-4-5-7-23)11(18)17(24)26-8-9-12(19)14(21)16(25-3)15(22)13(9)20/h4,6-7,10-11H,5,8H2,1-3H3. The summed E-state index contributed by atoms with van der Waals surface area (Å²) in [7, 11) is 0.869. The Kier molecular flexibility index (Phi) is 5.73. The van der Waals surface area contributed by atoms with E-state index in [1.54, 1.807) is 26.0 Å². The fourth-order valence-corrected chi connectivity index (χ4v) is 2.96. The van der Waals surface area contributed by atoms with Crippen LogP contribution in [-0.4, -0.2) is 19.4 Å². The van der Waals surface area contributed by atoms with Crippen LogP contribution in [0.5, 0.6) is 5.75 Å². The summed E-state index contributed by atoms with van der Waals surface area (Å²) >= 11 is 0. The third-order valence-corrected chi connectivity index (χ3v) is 4.62. The minimum atomic E-state index is -1.70. The Hall–Kier alpha value is -2.38. The molecule has 0 heterocycles. The molecule has 26 heavy (non-hydrogen) atoms. The van der Waals surface area contributed by atoms with Crippen LogP contribution in [0.3, 0.4) is 0 Å². The SMILES string of the molecule is COc1c(F)c(F)c(COC(=O)C2C(C=CCC=O)C2(C)C)c(F)c1F. The molecule has 0 spiro atoms. The molecular weight excluding hydrogens is 356 g/mol. The second-order valence-electron chi connectivity index (χ2n) is 6.53. The molecule has 0 N–H and O–H groups in total. The summed E-state index contributed by atoms with van der Waals surface area (Å²) in [5.41, 5.74) is -1.48. The maximum Gasteiger partial charge on any atom is 0.310 e. The van der Waals surface area contributed by atoms with Gasteiger partial charge in [0.05, 0.1) is 18.6 Å². The zero-order valence-corrected chi connectivity index (χ0v) is 14.4. The van der Waals surface area contributed by atoms with Gasteiger partial charge in [0.2, 0.25) is 11.6 Å². The first-order chi connectivity index (χ1) is 12.2. The van der Waals surface area contributed by atoms with Gasteiger partial charge in [-0.1, -0.05) is 26.0 Å². The van der Waals surface area contributed by atoms with Crippen molar-refractivity contribution in [1.82, 2.24) is 0 Å². The van der Waals surface area contributed by atoms with E-state index in [4.69, 9.17) is 4.74 Å². The van der Waals surface area contributed by atoms with E-state index < -0.39 is 58.5 Å². The summed E-state index contributed by atoms with van der Waals surface area (Å²) in [6.45, 7) is 2.64. The molecule has 4 nitrogen and oxygen atoms in total. The number of methoxy groups -OCH3 is 1. The van der Waals surface area contributed by atoms with Crippen LogP contribution in [0.25, 0.3) is 0 Å². The van der Waals surface area contributed by atoms with Crippen LogP contribution in [0.2, 0.25) is 0 Å². The van der Waals surface area contributed by atoms with Crippen molar-refractivity contribution in [3.05, 3.63) is 41.0 Å². The summed E-state index contributed by atoms with van der Waals surface area (Å²) in [6, 6.07) is 0. The molecule has 1 aliphatic rings. The van der Waals surface area contributed by atoms with Gasteiger partial charge in [-0.25, -0.2) is 8.78 Å². The normalized spacial score (nSPS) is 20.9. The fraction of sp³-hybridized carbons (Fsp3) is 0.444. The van der Waals surface area contributed by atoms with E-state index in [2.05, 4.69) is 4.74 Å². The Bertz CT molecular complexity index is 729. The third kappa shape index (κ3) is 3.45. The van der Waals surface area contributed by atoms with Gasteiger partial charge < -0.3 is 14.3 Å². The molecule has 1 aromatic carbocycles. The number of rotatable bonds is 7. The van der Waals surface area contributed by atoms with Gasteiger partial charge in [-0.15, -0.1) is 0 Å². The topological polar surface area (TPSA) is 52.6 Å². The number of allylic oxidation sites excluding steroid dienone is 2. The van der Waals surface area contributed by atoms with Crippen molar-refractivity contribution in [2.75, 3.05) is 7.11 Å². The summed E-state index contributed by atoms with van der Waals surface area (Å²) in [4.78, 5) is 22.5. The molecule has 142 valence electrons. The second kappa shape index (κ2) is 7.47. The molecule has 1 aliphatic carbocycles. The molecule has 1 aromatic rings. The quantitative estimate of drug-likeness (QED) is 0.240. The van der Waals surface area contributed by atoms with Crippen LogP contribution in [0.15, 0.2) is 12.2 Å². The van der Waals surface area contributed by atoms with Crippen LogP contribution in [-0.2, 0) is 20.9 Å². The Morgan fingerprint density at radius 3 is 2.19 bits per heavy atom. The highest BCUT2D eigenvalue weighted by atomic mass is 19.2. The summed E-state index contributed by atoms with van der Waals surface area (Å²) < 4.78 is 64.3. The summed E-state index contributed by atoms with van der Waals surface area (Å²) in [5.74, 6) is -9.45.